The molecular formula is C29H39FN4O4. The molecule has 3 heterocycles. The number of nitrogens with zero attached hydrogens (tertiary/aromatic N) is 2. The number of benzene rings is 1. The molecule has 1 aliphatic carbocycles. The average Bonchev–Trinajstić information content (AvgIpc) is 3.55. The molecule has 1 aromatic heterocycles. The van der Waals surface area contributed by atoms with Crippen LogP contribution in [0.25, 0.3) is 10.9 Å². The minimum absolute atomic E-state index is 0.0154. The third-order valence-corrected chi connectivity index (χ3v) is 8.45. The lowest BCUT2D eigenvalue weighted by molar-refractivity contribution is -0.137. The van der Waals surface area contributed by atoms with Crippen LogP contribution in [0.15, 0.2) is 24.4 Å². The molecule has 1 saturated carbocycles. The number of alkyl carbamates (subject to hydrolysis) is 1. The van der Waals surface area contributed by atoms with Gasteiger partial charge in [0.15, 0.2) is 0 Å². The Labute approximate surface area is 223 Å². The van der Waals surface area contributed by atoms with Gasteiger partial charge in [0.25, 0.3) is 0 Å². The summed E-state index contributed by atoms with van der Waals surface area (Å²) in [4.78, 5) is 46.7. The van der Waals surface area contributed by atoms with E-state index >= 15 is 0 Å². The second-order valence-electron chi connectivity index (χ2n) is 12.1. The molecule has 9 heteroatoms. The zero-order valence-corrected chi connectivity index (χ0v) is 22.8. The number of aromatic amines is 1. The van der Waals surface area contributed by atoms with Crippen molar-refractivity contribution in [3.05, 3.63) is 35.8 Å². The molecule has 206 valence electrons. The number of H-pyrrole nitrogens is 1. The molecule has 3 aliphatic rings. The molecule has 2 aliphatic heterocycles. The maximum Gasteiger partial charge on any atom is 0.408 e. The number of hydrogen-bond acceptors (Lipinski definition) is 4. The number of halogens is 1. The summed E-state index contributed by atoms with van der Waals surface area (Å²) in [5, 5.41) is 3.84. The van der Waals surface area contributed by atoms with Crippen molar-refractivity contribution in [3.63, 3.8) is 0 Å². The zero-order valence-electron chi connectivity index (χ0n) is 22.8. The number of amides is 3. The molecular weight excluding hydrogens is 487 g/mol. The van der Waals surface area contributed by atoms with Crippen molar-refractivity contribution in [1.82, 2.24) is 20.1 Å². The van der Waals surface area contributed by atoms with Crippen LogP contribution in [-0.4, -0.2) is 69.5 Å². The Hall–Kier alpha value is -3.10. The third-order valence-electron chi connectivity index (χ3n) is 8.45. The summed E-state index contributed by atoms with van der Waals surface area (Å²) in [6.07, 6.45) is 6.95. The summed E-state index contributed by atoms with van der Waals surface area (Å²) in [6.45, 7) is 8.01. The summed E-state index contributed by atoms with van der Waals surface area (Å²) in [7, 11) is 0. The van der Waals surface area contributed by atoms with E-state index in [2.05, 4.69) is 10.3 Å². The summed E-state index contributed by atoms with van der Waals surface area (Å²) in [6, 6.07) is 3.68. The number of likely N-dealkylation sites (tertiary alicyclic amines) is 2. The number of fused-ring (bicyclic) bond motifs is 2. The Morgan fingerprint density at radius 2 is 1.84 bits per heavy atom. The summed E-state index contributed by atoms with van der Waals surface area (Å²) < 4.78 is 19.4. The maximum absolute atomic E-state index is 14.3. The van der Waals surface area contributed by atoms with Gasteiger partial charge in [0.2, 0.25) is 11.8 Å². The molecule has 3 fully saturated rings. The normalized spacial score (nSPS) is 24.9. The number of nitrogens with one attached hydrogen (secondary N) is 2. The number of rotatable bonds is 4. The van der Waals surface area contributed by atoms with Crippen molar-refractivity contribution in [2.24, 2.45) is 5.92 Å². The first kappa shape index (κ1) is 26.5. The van der Waals surface area contributed by atoms with Gasteiger partial charge in [-0.2, -0.15) is 0 Å². The number of hydrogen-bond donors (Lipinski definition) is 2. The van der Waals surface area contributed by atoms with E-state index in [1.165, 1.54) is 12.1 Å². The molecule has 0 radical (unpaired) electrons. The van der Waals surface area contributed by atoms with Crippen molar-refractivity contribution >= 4 is 28.8 Å². The highest BCUT2D eigenvalue weighted by atomic mass is 19.1. The molecule has 0 bridgehead atoms. The van der Waals surface area contributed by atoms with Crippen molar-refractivity contribution in [2.45, 2.75) is 95.9 Å². The first-order chi connectivity index (χ1) is 18.0. The number of carbonyl (C=O) groups excluding carboxylic acids is 3. The topological polar surface area (TPSA) is 94.7 Å². The van der Waals surface area contributed by atoms with Crippen LogP contribution in [0.4, 0.5) is 9.18 Å². The van der Waals surface area contributed by atoms with Gasteiger partial charge in [-0.05, 0) is 69.7 Å². The van der Waals surface area contributed by atoms with Crippen molar-refractivity contribution in [3.8, 4) is 0 Å². The van der Waals surface area contributed by atoms with Gasteiger partial charge in [0.05, 0.1) is 12.1 Å². The van der Waals surface area contributed by atoms with E-state index in [4.69, 9.17) is 4.74 Å². The quantitative estimate of drug-likeness (QED) is 0.604. The van der Waals surface area contributed by atoms with Gasteiger partial charge >= 0.3 is 6.09 Å². The second-order valence-corrected chi connectivity index (χ2v) is 12.1. The lowest BCUT2D eigenvalue weighted by Crippen LogP contribution is -2.55. The van der Waals surface area contributed by atoms with Gasteiger partial charge in [-0.15, -0.1) is 0 Å². The standard InChI is InChI=1S/C29H39FN4O4/c1-17(35)34-16-22(21-15-31-23-14-19(30)10-11-20(21)23)26-24(34)12-13-33(26)27(36)25(18-8-6-5-7-9-18)32-28(37)38-29(2,3)4/h10-11,14-15,18,22,24-26,31H,5-9,12-13,16H2,1-4H3,(H,32,37). The highest BCUT2D eigenvalue weighted by molar-refractivity contribution is 5.88. The molecule has 2 aromatic rings. The molecule has 3 amide bonds. The van der Waals surface area contributed by atoms with Crippen molar-refractivity contribution in [1.29, 1.82) is 0 Å². The van der Waals surface area contributed by atoms with E-state index < -0.39 is 17.7 Å². The maximum atomic E-state index is 14.3. The summed E-state index contributed by atoms with van der Waals surface area (Å²) in [5.41, 5.74) is 1.00. The van der Waals surface area contributed by atoms with Crippen LogP contribution in [0.1, 0.15) is 77.7 Å². The Kier molecular flexibility index (Phi) is 7.13. The van der Waals surface area contributed by atoms with Gasteiger partial charge in [0, 0.05) is 43.0 Å². The largest absolute Gasteiger partial charge is 0.444 e. The van der Waals surface area contributed by atoms with Gasteiger partial charge in [-0.3, -0.25) is 9.59 Å². The fourth-order valence-electron chi connectivity index (χ4n) is 6.87. The molecule has 2 saturated heterocycles. The summed E-state index contributed by atoms with van der Waals surface area (Å²) in [5.74, 6) is -0.512. The minimum Gasteiger partial charge on any atom is -0.444 e. The van der Waals surface area contributed by atoms with Gasteiger partial charge in [-0.25, -0.2) is 9.18 Å². The Bertz CT molecular complexity index is 1210. The summed E-state index contributed by atoms with van der Waals surface area (Å²) >= 11 is 0. The minimum atomic E-state index is -0.673. The Morgan fingerprint density at radius 1 is 1.11 bits per heavy atom. The molecule has 4 atom stereocenters. The monoisotopic (exact) mass is 526 g/mol. The lowest BCUT2D eigenvalue weighted by Gasteiger charge is -2.36. The number of aromatic nitrogens is 1. The first-order valence-corrected chi connectivity index (χ1v) is 13.9. The van der Waals surface area contributed by atoms with Gasteiger partial charge in [-0.1, -0.05) is 19.3 Å². The fourth-order valence-corrected chi connectivity index (χ4v) is 6.87. The number of carbonyl (C=O) groups is 3. The van der Waals surface area contributed by atoms with E-state index in [-0.39, 0.29) is 41.6 Å². The zero-order chi connectivity index (χ0) is 27.2. The van der Waals surface area contributed by atoms with Crippen LogP contribution in [0.3, 0.4) is 0 Å². The van der Waals surface area contributed by atoms with Crippen LogP contribution in [-0.2, 0) is 14.3 Å². The van der Waals surface area contributed by atoms with Crippen LogP contribution in [0, 0.1) is 11.7 Å². The molecule has 1 aromatic carbocycles. The Balaban J connectivity index is 1.47. The highest BCUT2D eigenvalue weighted by Crippen LogP contribution is 2.44. The van der Waals surface area contributed by atoms with Crippen LogP contribution in [0.2, 0.25) is 0 Å². The number of ether oxygens (including phenoxy) is 1. The SMILES string of the molecule is CC(=O)N1CC(c2c[nH]c3cc(F)ccc23)C2C1CCN2C(=O)C(NC(=O)OC(C)(C)C)C1CCCCC1. The molecule has 4 unspecified atom stereocenters. The predicted molar refractivity (Wildman–Crippen MR) is 142 cm³/mol. The first-order valence-electron chi connectivity index (χ1n) is 13.9. The highest BCUT2D eigenvalue weighted by Gasteiger charge is 2.53. The smallest absolute Gasteiger partial charge is 0.408 e. The second kappa shape index (κ2) is 10.2. The van der Waals surface area contributed by atoms with Crippen LogP contribution >= 0.6 is 0 Å². The van der Waals surface area contributed by atoms with Crippen LogP contribution in [0.5, 0.6) is 0 Å². The van der Waals surface area contributed by atoms with Gasteiger partial charge in [0.1, 0.15) is 17.5 Å². The van der Waals surface area contributed by atoms with Gasteiger partial charge < -0.3 is 24.8 Å². The van der Waals surface area contributed by atoms with Crippen molar-refractivity contribution in [2.75, 3.05) is 13.1 Å². The molecule has 38 heavy (non-hydrogen) atoms. The van der Waals surface area contributed by atoms with Crippen LogP contribution < -0.4 is 5.32 Å². The average molecular weight is 527 g/mol. The third kappa shape index (κ3) is 5.12. The molecule has 8 nitrogen and oxygen atoms in total. The fraction of sp³-hybridized carbons (Fsp3) is 0.621. The van der Waals surface area contributed by atoms with E-state index in [0.717, 1.165) is 43.1 Å². The Morgan fingerprint density at radius 3 is 2.53 bits per heavy atom. The van der Waals surface area contributed by atoms with E-state index in [0.29, 0.717) is 25.0 Å². The molecule has 5 rings (SSSR count). The van der Waals surface area contributed by atoms with E-state index in [1.54, 1.807) is 13.0 Å². The lowest BCUT2D eigenvalue weighted by atomic mass is 9.83. The molecule has 0 spiro atoms. The molecule has 2 N–H and O–H groups in total. The van der Waals surface area contributed by atoms with E-state index in [9.17, 15) is 18.8 Å². The van der Waals surface area contributed by atoms with E-state index in [1.807, 2.05) is 36.8 Å². The predicted octanol–water partition coefficient (Wildman–Crippen LogP) is 4.70. The van der Waals surface area contributed by atoms with Crippen molar-refractivity contribution < 1.29 is 23.5 Å².